The Morgan fingerprint density at radius 3 is 2.50 bits per heavy atom. The van der Waals surface area contributed by atoms with Crippen LogP contribution in [0.5, 0.6) is 11.5 Å². The molecule has 8 heteroatoms. The highest BCUT2D eigenvalue weighted by molar-refractivity contribution is 5.80. The van der Waals surface area contributed by atoms with Crippen LogP contribution in [0.2, 0.25) is 0 Å². The molecule has 0 atom stereocenters. The molecule has 6 bridgehead atoms. The lowest BCUT2D eigenvalue weighted by Crippen LogP contribution is -2.10. The van der Waals surface area contributed by atoms with Gasteiger partial charge in [-0.2, -0.15) is 5.10 Å². The van der Waals surface area contributed by atoms with Gasteiger partial charge < -0.3 is 14.6 Å². The average molecular weight is 536 g/mol. The third-order valence-electron chi connectivity index (χ3n) is 6.95. The zero-order chi connectivity index (χ0) is 27.8. The Labute approximate surface area is 230 Å². The lowest BCUT2D eigenvalue weighted by molar-refractivity contribution is -0.136. The van der Waals surface area contributed by atoms with Crippen LogP contribution in [0, 0.1) is 19.7 Å². The van der Waals surface area contributed by atoms with Crippen LogP contribution in [-0.2, 0) is 11.2 Å². The van der Waals surface area contributed by atoms with Crippen LogP contribution in [0.4, 0.5) is 4.39 Å². The molecule has 6 rings (SSSR count). The van der Waals surface area contributed by atoms with Gasteiger partial charge >= 0.3 is 5.97 Å². The van der Waals surface area contributed by atoms with Crippen LogP contribution in [0.1, 0.15) is 16.8 Å². The number of halogens is 1. The maximum atomic E-state index is 14.2. The number of aryl methyl sites for hydroxylation is 2. The molecule has 40 heavy (non-hydrogen) atoms. The predicted octanol–water partition coefficient (Wildman–Crippen LogP) is 6.44. The molecule has 1 aliphatic heterocycles. The van der Waals surface area contributed by atoms with Crippen molar-refractivity contribution in [3.8, 4) is 45.1 Å². The number of rotatable bonds is 2. The van der Waals surface area contributed by atoms with Gasteiger partial charge in [0.15, 0.2) is 5.65 Å². The molecule has 200 valence electrons. The highest BCUT2D eigenvalue weighted by atomic mass is 19.1. The van der Waals surface area contributed by atoms with Crippen LogP contribution < -0.4 is 9.47 Å². The van der Waals surface area contributed by atoms with Gasteiger partial charge in [-0.15, -0.1) is 0 Å². The zero-order valence-electron chi connectivity index (χ0n) is 22.0. The van der Waals surface area contributed by atoms with Crippen molar-refractivity contribution in [3.63, 3.8) is 0 Å². The van der Waals surface area contributed by atoms with E-state index in [9.17, 15) is 14.3 Å². The molecule has 0 unspecified atom stereocenters. The van der Waals surface area contributed by atoms with E-state index in [2.05, 4.69) is 0 Å². The van der Waals surface area contributed by atoms with Gasteiger partial charge in [-0.1, -0.05) is 30.3 Å². The molecule has 1 N–H and O–H groups in total. The predicted molar refractivity (Wildman–Crippen MR) is 150 cm³/mol. The SMILES string of the molecule is Cc1ccc2cc1OC/C=C/COc1cc(F)ccc1-c1cccc(c1)-c1cc3nc(C)c(CC(=O)O)c-2n3n1. The van der Waals surface area contributed by atoms with Crippen LogP contribution in [0.15, 0.2) is 78.9 Å². The van der Waals surface area contributed by atoms with Gasteiger partial charge in [0.2, 0.25) is 0 Å². The first-order valence-electron chi connectivity index (χ1n) is 12.9. The lowest BCUT2D eigenvalue weighted by Gasteiger charge is -2.15. The van der Waals surface area contributed by atoms with Gasteiger partial charge in [-0.25, -0.2) is 13.9 Å². The van der Waals surface area contributed by atoms with Crippen LogP contribution in [-0.4, -0.2) is 38.9 Å². The number of carboxylic acids is 1. The van der Waals surface area contributed by atoms with E-state index >= 15 is 0 Å². The smallest absolute Gasteiger partial charge is 0.307 e. The first-order valence-corrected chi connectivity index (χ1v) is 12.9. The van der Waals surface area contributed by atoms with Crippen molar-refractivity contribution in [2.24, 2.45) is 0 Å². The molecular weight excluding hydrogens is 509 g/mol. The molecular formula is C32H26FN3O4. The Hall–Kier alpha value is -4.98. The van der Waals surface area contributed by atoms with E-state index in [4.69, 9.17) is 19.6 Å². The maximum absolute atomic E-state index is 14.2. The fourth-order valence-electron chi connectivity index (χ4n) is 4.97. The van der Waals surface area contributed by atoms with Gasteiger partial charge in [-0.05, 0) is 61.4 Å². The molecule has 0 radical (unpaired) electrons. The number of carbonyl (C=O) groups is 1. The van der Waals surface area contributed by atoms with Crippen LogP contribution in [0.25, 0.3) is 39.3 Å². The number of hydrogen-bond acceptors (Lipinski definition) is 5. The molecule has 0 aliphatic carbocycles. The molecule has 3 aromatic carbocycles. The molecule has 1 aliphatic rings. The van der Waals surface area contributed by atoms with Crippen LogP contribution in [0.3, 0.4) is 0 Å². The number of benzene rings is 3. The summed E-state index contributed by atoms with van der Waals surface area (Å²) < 4.78 is 27.9. The van der Waals surface area contributed by atoms with Gasteiger partial charge in [0.25, 0.3) is 0 Å². The normalized spacial score (nSPS) is 13.6. The molecule has 0 amide bonds. The highest BCUT2D eigenvalue weighted by Gasteiger charge is 2.21. The summed E-state index contributed by atoms with van der Waals surface area (Å²) in [6.45, 7) is 4.31. The second-order valence-electron chi connectivity index (χ2n) is 9.69. The minimum Gasteiger partial charge on any atom is -0.489 e. The third-order valence-corrected chi connectivity index (χ3v) is 6.95. The van der Waals surface area contributed by atoms with E-state index in [-0.39, 0.29) is 18.8 Å². The second kappa shape index (κ2) is 10.3. The van der Waals surface area contributed by atoms with E-state index in [0.29, 0.717) is 46.4 Å². The largest absolute Gasteiger partial charge is 0.489 e. The van der Waals surface area contributed by atoms with Crippen molar-refractivity contribution < 1.29 is 23.8 Å². The van der Waals surface area contributed by atoms with E-state index in [1.165, 1.54) is 12.1 Å². The van der Waals surface area contributed by atoms with E-state index in [1.54, 1.807) is 10.6 Å². The van der Waals surface area contributed by atoms with Gasteiger partial charge in [0.1, 0.15) is 30.5 Å². The van der Waals surface area contributed by atoms with Gasteiger partial charge in [-0.3, -0.25) is 4.79 Å². The zero-order valence-corrected chi connectivity index (χ0v) is 22.0. The number of ether oxygens (including phenoxy) is 2. The number of nitrogens with zero attached hydrogens (tertiary/aromatic N) is 3. The Bertz CT molecular complexity index is 1810. The van der Waals surface area contributed by atoms with E-state index < -0.39 is 5.97 Å². The topological polar surface area (TPSA) is 86.0 Å². The van der Waals surface area contributed by atoms with Crippen molar-refractivity contribution in [2.45, 2.75) is 20.3 Å². The second-order valence-corrected chi connectivity index (χ2v) is 9.69. The molecule has 0 spiro atoms. The van der Waals surface area contributed by atoms with Crippen molar-refractivity contribution in [2.75, 3.05) is 13.2 Å². The Kier molecular flexibility index (Phi) is 6.51. The lowest BCUT2D eigenvalue weighted by atomic mass is 10.0. The monoisotopic (exact) mass is 535 g/mol. The summed E-state index contributed by atoms with van der Waals surface area (Å²) in [6, 6.07) is 19.9. The van der Waals surface area contributed by atoms with E-state index in [1.807, 2.05) is 74.5 Å². The van der Waals surface area contributed by atoms with Crippen molar-refractivity contribution in [3.05, 3.63) is 102 Å². The number of carboxylic acid groups (broad SMARTS) is 1. The van der Waals surface area contributed by atoms with Crippen molar-refractivity contribution >= 4 is 11.6 Å². The molecule has 0 saturated heterocycles. The number of aliphatic carboxylic acids is 1. The fourth-order valence-corrected chi connectivity index (χ4v) is 4.97. The molecule has 0 saturated carbocycles. The first kappa shape index (κ1) is 25.3. The average Bonchev–Trinajstić information content (AvgIpc) is 3.35. The molecule has 3 heterocycles. The number of aromatic nitrogens is 3. The first-order chi connectivity index (χ1) is 19.4. The Morgan fingerprint density at radius 1 is 0.925 bits per heavy atom. The Morgan fingerprint density at radius 2 is 1.70 bits per heavy atom. The van der Waals surface area contributed by atoms with Gasteiger partial charge in [0.05, 0.1) is 17.8 Å². The number of fused-ring (bicyclic) bond motifs is 9. The summed E-state index contributed by atoms with van der Waals surface area (Å²) >= 11 is 0. The summed E-state index contributed by atoms with van der Waals surface area (Å²) in [5.41, 5.74) is 7.26. The van der Waals surface area contributed by atoms with Crippen molar-refractivity contribution in [1.82, 2.24) is 14.6 Å². The summed E-state index contributed by atoms with van der Waals surface area (Å²) in [5, 5.41) is 14.6. The summed E-state index contributed by atoms with van der Waals surface area (Å²) in [7, 11) is 0. The van der Waals surface area contributed by atoms with Crippen LogP contribution >= 0.6 is 0 Å². The van der Waals surface area contributed by atoms with E-state index in [0.717, 1.165) is 27.8 Å². The highest BCUT2D eigenvalue weighted by Crippen LogP contribution is 2.35. The third kappa shape index (κ3) is 4.80. The molecule has 2 aromatic heterocycles. The minimum absolute atomic E-state index is 0.199. The number of hydrogen-bond donors (Lipinski definition) is 1. The van der Waals surface area contributed by atoms with Crippen molar-refractivity contribution in [1.29, 1.82) is 0 Å². The fraction of sp³-hybridized carbons (Fsp3) is 0.156. The Balaban J connectivity index is 1.61. The molecule has 0 fully saturated rings. The summed E-state index contributed by atoms with van der Waals surface area (Å²) in [4.78, 5) is 16.6. The molecule has 5 aromatic rings. The maximum Gasteiger partial charge on any atom is 0.307 e. The summed E-state index contributed by atoms with van der Waals surface area (Å²) in [5.74, 6) is -0.238. The standard InChI is InChI=1S/C32H26FN3O4/c1-19-8-9-23-15-28(19)39-12-3-4-13-40-29-16-24(33)10-11-25(29)21-6-5-7-22(14-21)27-18-30-34-20(2)26(17-31(37)38)32(23)36(30)35-27/h3-11,14-16,18H,12-13,17H2,1-2H3,(H,37,38)/b4-3+. The minimum atomic E-state index is -0.953. The van der Waals surface area contributed by atoms with Gasteiger partial charge in [0, 0.05) is 40.1 Å². The quantitative estimate of drug-likeness (QED) is 0.262. The molecule has 7 nitrogen and oxygen atoms in total. The summed E-state index contributed by atoms with van der Waals surface area (Å²) in [6.07, 6.45) is 3.48.